The summed E-state index contributed by atoms with van der Waals surface area (Å²) in [5.41, 5.74) is 2.07. The van der Waals surface area contributed by atoms with Gasteiger partial charge in [0.25, 0.3) is 0 Å². The monoisotopic (exact) mass is 320 g/mol. The number of carboxylic acids is 1. The average Bonchev–Trinajstić information content (AvgIpc) is 2.91. The van der Waals surface area contributed by atoms with Crippen molar-refractivity contribution in [2.24, 2.45) is 0 Å². The van der Waals surface area contributed by atoms with E-state index in [1.165, 1.54) is 30.2 Å². The molecule has 0 aliphatic heterocycles. The maximum atomic E-state index is 10.6. The smallest absolute Gasteiger partial charge is 0.309 e. The van der Waals surface area contributed by atoms with Gasteiger partial charge in [-0.1, -0.05) is 17.8 Å². The van der Waals surface area contributed by atoms with Crippen LogP contribution in [0.3, 0.4) is 0 Å². The van der Waals surface area contributed by atoms with E-state index in [1.807, 2.05) is 6.07 Å². The molecule has 0 saturated carbocycles. The van der Waals surface area contributed by atoms with Crippen molar-refractivity contribution in [1.82, 2.24) is 4.98 Å². The first-order valence-electron chi connectivity index (χ1n) is 5.98. The van der Waals surface area contributed by atoms with E-state index in [0.29, 0.717) is 22.8 Å². The van der Waals surface area contributed by atoms with Crippen LogP contribution in [0.4, 0.5) is 0 Å². The average molecular weight is 320 g/mol. The van der Waals surface area contributed by atoms with Gasteiger partial charge in [0.15, 0.2) is 0 Å². The van der Waals surface area contributed by atoms with Gasteiger partial charge in [-0.2, -0.15) is 5.26 Å². The summed E-state index contributed by atoms with van der Waals surface area (Å²) in [6.07, 6.45) is -0.0574. The van der Waals surface area contributed by atoms with Gasteiger partial charge in [0.05, 0.1) is 24.8 Å². The Hall–Kier alpha value is -2.04. The molecule has 108 valence electrons. The molecule has 21 heavy (non-hydrogen) atoms. The zero-order chi connectivity index (χ0) is 15.2. The number of benzene rings is 1. The molecule has 1 aromatic carbocycles. The standard InChI is InChI=1S/C14H12N2O3S2/c1-19-12-3-2-9(4-10(12)6-15)7-20-14-16-11(8-21-14)5-13(17)18/h2-4,8H,5,7H2,1H3,(H,17,18). The highest BCUT2D eigenvalue weighted by Gasteiger charge is 2.08. The Kier molecular flexibility index (Phi) is 5.20. The van der Waals surface area contributed by atoms with E-state index in [4.69, 9.17) is 15.1 Å². The summed E-state index contributed by atoms with van der Waals surface area (Å²) in [4.78, 5) is 14.9. The van der Waals surface area contributed by atoms with E-state index >= 15 is 0 Å². The van der Waals surface area contributed by atoms with Crippen molar-refractivity contribution in [3.63, 3.8) is 0 Å². The van der Waals surface area contributed by atoms with Gasteiger partial charge in [-0.3, -0.25) is 4.79 Å². The van der Waals surface area contributed by atoms with E-state index in [0.717, 1.165) is 9.90 Å². The lowest BCUT2D eigenvalue weighted by molar-refractivity contribution is -0.136. The summed E-state index contributed by atoms with van der Waals surface area (Å²) < 4.78 is 5.92. The Morgan fingerprint density at radius 3 is 3.05 bits per heavy atom. The molecule has 0 unspecified atom stereocenters. The third-order valence-electron chi connectivity index (χ3n) is 2.61. The first-order chi connectivity index (χ1) is 10.1. The van der Waals surface area contributed by atoms with E-state index in [2.05, 4.69) is 11.1 Å². The second-order valence-corrected chi connectivity index (χ2v) is 6.19. The Morgan fingerprint density at radius 1 is 1.57 bits per heavy atom. The minimum Gasteiger partial charge on any atom is -0.495 e. The summed E-state index contributed by atoms with van der Waals surface area (Å²) in [7, 11) is 1.53. The van der Waals surface area contributed by atoms with Crippen molar-refractivity contribution < 1.29 is 14.6 Å². The topological polar surface area (TPSA) is 83.2 Å². The molecule has 0 atom stereocenters. The van der Waals surface area contributed by atoms with Crippen molar-refractivity contribution in [3.8, 4) is 11.8 Å². The van der Waals surface area contributed by atoms with Crippen molar-refractivity contribution in [2.45, 2.75) is 16.5 Å². The molecule has 0 radical (unpaired) electrons. The number of aromatic nitrogens is 1. The Bertz CT molecular complexity index is 692. The number of ether oxygens (including phenoxy) is 1. The number of hydrogen-bond donors (Lipinski definition) is 1. The summed E-state index contributed by atoms with van der Waals surface area (Å²) in [6, 6.07) is 7.56. The number of nitriles is 1. The van der Waals surface area contributed by atoms with Crippen LogP contribution in [0, 0.1) is 11.3 Å². The fourth-order valence-corrected chi connectivity index (χ4v) is 3.46. The van der Waals surface area contributed by atoms with Crippen LogP contribution >= 0.6 is 23.1 Å². The van der Waals surface area contributed by atoms with E-state index in [-0.39, 0.29) is 6.42 Å². The highest BCUT2D eigenvalue weighted by atomic mass is 32.2. The molecule has 2 rings (SSSR count). The number of thiazole rings is 1. The lowest BCUT2D eigenvalue weighted by Crippen LogP contribution is -1.99. The lowest BCUT2D eigenvalue weighted by atomic mass is 10.1. The van der Waals surface area contributed by atoms with Gasteiger partial charge < -0.3 is 9.84 Å². The highest BCUT2D eigenvalue weighted by molar-refractivity contribution is 8.00. The second-order valence-electron chi connectivity index (χ2n) is 4.11. The zero-order valence-electron chi connectivity index (χ0n) is 11.2. The molecule has 0 aliphatic carbocycles. The van der Waals surface area contributed by atoms with Gasteiger partial charge in [0.2, 0.25) is 0 Å². The number of methoxy groups -OCH3 is 1. The predicted octanol–water partition coefficient (Wildman–Crippen LogP) is 2.94. The van der Waals surface area contributed by atoms with Gasteiger partial charge in [-0.25, -0.2) is 4.98 Å². The minimum absolute atomic E-state index is 0.0574. The number of rotatable bonds is 6. The van der Waals surface area contributed by atoms with Gasteiger partial charge in [0.1, 0.15) is 16.2 Å². The molecule has 2 aromatic rings. The first kappa shape index (κ1) is 15.4. The van der Waals surface area contributed by atoms with Crippen molar-refractivity contribution in [2.75, 3.05) is 7.11 Å². The van der Waals surface area contributed by atoms with E-state index in [1.54, 1.807) is 17.5 Å². The van der Waals surface area contributed by atoms with Crippen LogP contribution in [0.15, 0.2) is 27.9 Å². The highest BCUT2D eigenvalue weighted by Crippen LogP contribution is 2.28. The minimum atomic E-state index is -0.884. The summed E-state index contributed by atoms with van der Waals surface area (Å²) in [6.45, 7) is 0. The third kappa shape index (κ3) is 4.21. The number of aliphatic carboxylic acids is 1. The molecule has 0 amide bonds. The van der Waals surface area contributed by atoms with Crippen LogP contribution in [0.2, 0.25) is 0 Å². The molecule has 1 aromatic heterocycles. The molecule has 0 spiro atoms. The van der Waals surface area contributed by atoms with Crippen LogP contribution in [0.1, 0.15) is 16.8 Å². The van der Waals surface area contributed by atoms with Gasteiger partial charge in [-0.05, 0) is 17.7 Å². The molecule has 0 bridgehead atoms. The van der Waals surface area contributed by atoms with Gasteiger partial charge in [0, 0.05) is 11.1 Å². The number of thioether (sulfide) groups is 1. The third-order valence-corrected chi connectivity index (χ3v) is 4.75. The molecular formula is C14H12N2O3S2. The molecule has 0 aliphatic rings. The summed E-state index contributed by atoms with van der Waals surface area (Å²) >= 11 is 2.95. The summed E-state index contributed by atoms with van der Waals surface area (Å²) in [5, 5.41) is 19.5. The molecule has 7 heteroatoms. The molecule has 5 nitrogen and oxygen atoms in total. The first-order valence-corrected chi connectivity index (χ1v) is 7.85. The fourth-order valence-electron chi connectivity index (χ4n) is 1.67. The van der Waals surface area contributed by atoms with Crippen LogP contribution in [-0.2, 0) is 17.0 Å². The molecular weight excluding hydrogens is 308 g/mol. The molecule has 0 fully saturated rings. The predicted molar refractivity (Wildman–Crippen MR) is 80.7 cm³/mol. The number of hydrogen-bond acceptors (Lipinski definition) is 6. The van der Waals surface area contributed by atoms with Gasteiger partial charge in [-0.15, -0.1) is 11.3 Å². The maximum absolute atomic E-state index is 10.6. The summed E-state index contributed by atoms with van der Waals surface area (Å²) in [5.74, 6) is 0.341. The van der Waals surface area contributed by atoms with Crippen molar-refractivity contribution >= 4 is 29.1 Å². The normalized spacial score (nSPS) is 10.1. The van der Waals surface area contributed by atoms with Gasteiger partial charge >= 0.3 is 5.97 Å². The number of carbonyl (C=O) groups is 1. The number of nitrogens with zero attached hydrogens (tertiary/aromatic N) is 2. The zero-order valence-corrected chi connectivity index (χ0v) is 12.8. The van der Waals surface area contributed by atoms with Crippen LogP contribution < -0.4 is 4.74 Å². The molecule has 1 heterocycles. The fraction of sp³-hybridized carbons (Fsp3) is 0.214. The quantitative estimate of drug-likeness (QED) is 0.824. The number of carboxylic acid groups (broad SMARTS) is 1. The Balaban J connectivity index is 2.01. The molecule has 1 N–H and O–H groups in total. The molecule has 0 saturated heterocycles. The largest absolute Gasteiger partial charge is 0.495 e. The SMILES string of the molecule is COc1ccc(CSc2nc(CC(=O)O)cs2)cc1C#N. The Labute approximate surface area is 130 Å². The van der Waals surface area contributed by atoms with Crippen molar-refractivity contribution in [1.29, 1.82) is 5.26 Å². The maximum Gasteiger partial charge on any atom is 0.309 e. The van der Waals surface area contributed by atoms with E-state index in [9.17, 15) is 4.79 Å². The Morgan fingerprint density at radius 2 is 2.38 bits per heavy atom. The van der Waals surface area contributed by atoms with E-state index < -0.39 is 5.97 Å². The lowest BCUT2D eigenvalue weighted by Gasteiger charge is -2.04. The van der Waals surface area contributed by atoms with Crippen LogP contribution in [0.5, 0.6) is 5.75 Å². The van der Waals surface area contributed by atoms with Crippen LogP contribution in [0.25, 0.3) is 0 Å². The van der Waals surface area contributed by atoms with Crippen molar-refractivity contribution in [3.05, 3.63) is 40.4 Å². The van der Waals surface area contributed by atoms with Crippen LogP contribution in [-0.4, -0.2) is 23.2 Å². The second kappa shape index (κ2) is 7.11.